The Kier molecular flexibility index (Phi) is 11.1. The van der Waals surface area contributed by atoms with E-state index in [9.17, 15) is 19.5 Å². The van der Waals surface area contributed by atoms with Crippen molar-refractivity contribution >= 4 is 17.8 Å². The molecule has 2 aliphatic rings. The molecular formula is C31H45N5O6. The van der Waals surface area contributed by atoms with Gasteiger partial charge in [0.05, 0.1) is 30.9 Å². The third kappa shape index (κ3) is 7.56. The Balaban J connectivity index is 1.59. The first-order valence-corrected chi connectivity index (χ1v) is 15.0. The summed E-state index contributed by atoms with van der Waals surface area (Å²) in [4.78, 5) is 47.5. The van der Waals surface area contributed by atoms with Gasteiger partial charge in [0.2, 0.25) is 5.91 Å². The van der Waals surface area contributed by atoms with E-state index >= 15 is 0 Å². The number of hydrogen-bond acceptors (Lipinski definition) is 7. The second kappa shape index (κ2) is 14.8. The quantitative estimate of drug-likeness (QED) is 0.288. The van der Waals surface area contributed by atoms with Crippen LogP contribution in [0.25, 0.3) is 5.69 Å². The molecular weight excluding hydrogens is 538 g/mol. The molecule has 0 spiro atoms. The van der Waals surface area contributed by atoms with E-state index in [0.29, 0.717) is 51.4 Å². The Morgan fingerprint density at radius 1 is 1.10 bits per heavy atom. The van der Waals surface area contributed by atoms with Crippen LogP contribution in [-0.4, -0.2) is 107 Å². The number of carbonyl (C=O) groups excluding carboxylic acids is 2. The van der Waals surface area contributed by atoms with E-state index in [0.717, 1.165) is 30.0 Å². The number of nitrogens with one attached hydrogen (secondary N) is 1. The largest absolute Gasteiger partial charge is 0.465 e. The number of nitrogens with zero attached hydrogens (tertiary/aromatic N) is 4. The van der Waals surface area contributed by atoms with Crippen molar-refractivity contribution in [2.75, 3.05) is 53.1 Å². The number of piperidine rings is 1. The standard InChI is InChI=1S/C31H45N5O6/c1-21(2)27(33-24-18-23(19-35(20-24)31(39)40)30(38)34-13-16-42-17-14-34)29(37)28-26(12-8-9-15-41-4)36(22(3)32-28)25-10-6-5-7-11-25/h5-7,10-11,21,23-24,27,33H,8-9,12-20H2,1-4H3,(H,39,40)/t23-,24+,27?/m1/s1. The van der Waals surface area contributed by atoms with Gasteiger partial charge < -0.3 is 34.3 Å². The van der Waals surface area contributed by atoms with Crippen molar-refractivity contribution in [2.45, 2.75) is 58.5 Å². The van der Waals surface area contributed by atoms with Gasteiger partial charge in [-0.25, -0.2) is 9.78 Å². The number of morpholine rings is 1. The molecule has 0 aliphatic carbocycles. The van der Waals surface area contributed by atoms with Gasteiger partial charge in [-0.05, 0) is 50.7 Å². The number of aromatic nitrogens is 2. The number of Topliss-reactive ketones (excluding diaryl/α,β-unsaturated/α-hetero) is 1. The number of unbranched alkanes of at least 4 members (excludes halogenated alkanes) is 1. The Morgan fingerprint density at radius 3 is 2.45 bits per heavy atom. The van der Waals surface area contributed by atoms with E-state index in [1.165, 1.54) is 4.90 Å². The monoisotopic (exact) mass is 583 g/mol. The zero-order valence-corrected chi connectivity index (χ0v) is 25.3. The summed E-state index contributed by atoms with van der Waals surface area (Å²) in [6.07, 6.45) is 1.76. The summed E-state index contributed by atoms with van der Waals surface area (Å²) in [5, 5.41) is 13.3. The van der Waals surface area contributed by atoms with Crippen LogP contribution in [-0.2, 0) is 20.7 Å². The first-order valence-electron chi connectivity index (χ1n) is 15.0. The molecule has 0 saturated carbocycles. The highest BCUT2D eigenvalue weighted by Crippen LogP contribution is 2.25. The normalized spacial score (nSPS) is 20.1. The summed E-state index contributed by atoms with van der Waals surface area (Å²) < 4.78 is 12.7. The van der Waals surface area contributed by atoms with E-state index < -0.39 is 18.1 Å². The zero-order valence-electron chi connectivity index (χ0n) is 25.3. The van der Waals surface area contributed by atoms with E-state index in [1.807, 2.05) is 51.1 Å². The maximum atomic E-state index is 14.3. The third-order valence-electron chi connectivity index (χ3n) is 8.16. The highest BCUT2D eigenvalue weighted by Gasteiger charge is 2.39. The molecule has 2 N–H and O–H groups in total. The molecule has 11 nitrogen and oxygen atoms in total. The van der Waals surface area contributed by atoms with Gasteiger partial charge in [-0.1, -0.05) is 32.0 Å². The van der Waals surface area contributed by atoms with Gasteiger partial charge in [0, 0.05) is 51.6 Å². The SMILES string of the molecule is COCCCCc1c(C(=O)C(N[C@H]2C[C@@H](C(=O)N3CCOCC3)CN(C(=O)O)C2)C(C)C)nc(C)n1-c1ccccc1. The maximum absolute atomic E-state index is 14.3. The third-order valence-corrected chi connectivity index (χ3v) is 8.16. The number of carboxylic acid groups (broad SMARTS) is 1. The van der Waals surface area contributed by atoms with Gasteiger partial charge in [-0.15, -0.1) is 0 Å². The highest BCUT2D eigenvalue weighted by molar-refractivity contribution is 6.00. The average Bonchev–Trinajstić information content (AvgIpc) is 3.33. The number of aryl methyl sites for hydroxylation is 1. The minimum absolute atomic E-state index is 0.0564. The molecule has 3 atom stereocenters. The Labute approximate surface area is 248 Å². The maximum Gasteiger partial charge on any atom is 0.407 e. The first-order chi connectivity index (χ1) is 20.2. The molecule has 1 unspecified atom stereocenters. The van der Waals surface area contributed by atoms with Crippen LogP contribution in [0, 0.1) is 18.8 Å². The number of para-hydroxylation sites is 1. The molecule has 230 valence electrons. The molecule has 0 bridgehead atoms. The van der Waals surface area contributed by atoms with Crippen molar-refractivity contribution in [3.05, 3.63) is 47.5 Å². The van der Waals surface area contributed by atoms with Crippen LogP contribution in [0.5, 0.6) is 0 Å². The number of methoxy groups -OCH3 is 1. The van der Waals surface area contributed by atoms with Gasteiger partial charge in [0.1, 0.15) is 11.5 Å². The molecule has 4 rings (SSSR count). The molecule has 42 heavy (non-hydrogen) atoms. The van der Waals surface area contributed by atoms with Crippen molar-refractivity contribution < 1.29 is 29.0 Å². The summed E-state index contributed by atoms with van der Waals surface area (Å²) in [5.41, 5.74) is 2.25. The number of hydrogen-bond donors (Lipinski definition) is 2. The van der Waals surface area contributed by atoms with Crippen molar-refractivity contribution in [1.29, 1.82) is 0 Å². The lowest BCUT2D eigenvalue weighted by molar-refractivity contribution is -0.141. The van der Waals surface area contributed by atoms with E-state index in [4.69, 9.17) is 14.5 Å². The van der Waals surface area contributed by atoms with Crippen LogP contribution in [0.3, 0.4) is 0 Å². The fourth-order valence-electron chi connectivity index (χ4n) is 6.03. The molecule has 2 aromatic rings. The summed E-state index contributed by atoms with van der Waals surface area (Å²) >= 11 is 0. The van der Waals surface area contributed by atoms with Crippen molar-refractivity contribution in [3.63, 3.8) is 0 Å². The van der Waals surface area contributed by atoms with Crippen LogP contribution >= 0.6 is 0 Å². The molecule has 1 aromatic carbocycles. The Morgan fingerprint density at radius 2 is 1.81 bits per heavy atom. The van der Waals surface area contributed by atoms with Crippen LogP contribution in [0.15, 0.2) is 30.3 Å². The topological polar surface area (TPSA) is 126 Å². The van der Waals surface area contributed by atoms with Crippen LogP contribution in [0.4, 0.5) is 4.79 Å². The number of carbonyl (C=O) groups is 3. The molecule has 2 aliphatic heterocycles. The Hall–Kier alpha value is -3.28. The van der Waals surface area contributed by atoms with Crippen LogP contribution in [0.2, 0.25) is 0 Å². The van der Waals surface area contributed by atoms with Crippen molar-refractivity contribution in [2.24, 2.45) is 11.8 Å². The number of rotatable bonds is 12. The first kappa shape index (κ1) is 31.7. The molecule has 2 amide bonds. The van der Waals surface area contributed by atoms with E-state index in [-0.39, 0.29) is 36.7 Å². The predicted octanol–water partition coefficient (Wildman–Crippen LogP) is 3.17. The fourth-order valence-corrected chi connectivity index (χ4v) is 6.03. The number of amides is 2. The van der Waals surface area contributed by atoms with Crippen molar-refractivity contribution in [3.8, 4) is 5.69 Å². The predicted molar refractivity (Wildman–Crippen MR) is 158 cm³/mol. The van der Waals surface area contributed by atoms with Gasteiger partial charge in [-0.2, -0.15) is 0 Å². The summed E-state index contributed by atoms with van der Waals surface area (Å²) in [6.45, 7) is 8.83. The van der Waals surface area contributed by atoms with Crippen molar-refractivity contribution in [1.82, 2.24) is 24.7 Å². The van der Waals surface area contributed by atoms with Gasteiger partial charge in [0.15, 0.2) is 5.78 Å². The summed E-state index contributed by atoms with van der Waals surface area (Å²) in [7, 11) is 1.68. The lowest BCUT2D eigenvalue weighted by Gasteiger charge is -2.40. The number of ketones is 1. The lowest BCUT2D eigenvalue weighted by atomic mass is 9.89. The second-order valence-corrected chi connectivity index (χ2v) is 11.6. The fraction of sp³-hybridized carbons (Fsp3) is 0.613. The van der Waals surface area contributed by atoms with Gasteiger partial charge in [-0.3, -0.25) is 9.59 Å². The number of imidazole rings is 1. The van der Waals surface area contributed by atoms with Gasteiger partial charge >= 0.3 is 6.09 Å². The van der Waals surface area contributed by atoms with Crippen LogP contribution in [0.1, 0.15) is 55.1 Å². The van der Waals surface area contributed by atoms with Gasteiger partial charge in [0.25, 0.3) is 0 Å². The molecule has 2 saturated heterocycles. The van der Waals surface area contributed by atoms with E-state index in [2.05, 4.69) is 9.88 Å². The Bertz CT molecular complexity index is 1210. The average molecular weight is 584 g/mol. The van der Waals surface area contributed by atoms with Crippen LogP contribution < -0.4 is 5.32 Å². The second-order valence-electron chi connectivity index (χ2n) is 11.6. The van der Waals surface area contributed by atoms with E-state index in [1.54, 1.807) is 12.0 Å². The number of ether oxygens (including phenoxy) is 2. The minimum atomic E-state index is -1.07. The highest BCUT2D eigenvalue weighted by atomic mass is 16.5. The number of likely N-dealkylation sites (tertiary alicyclic amines) is 1. The summed E-state index contributed by atoms with van der Waals surface area (Å²) in [6, 6.07) is 8.95. The molecule has 11 heteroatoms. The zero-order chi connectivity index (χ0) is 30.2. The minimum Gasteiger partial charge on any atom is -0.465 e. The number of benzene rings is 1. The molecule has 0 radical (unpaired) electrons. The molecule has 2 fully saturated rings. The summed E-state index contributed by atoms with van der Waals surface area (Å²) in [5.74, 6) is -0.00868. The molecule has 3 heterocycles. The lowest BCUT2D eigenvalue weighted by Crippen LogP contribution is -2.58. The molecule has 1 aromatic heterocycles. The smallest absolute Gasteiger partial charge is 0.407 e.